The van der Waals surface area contributed by atoms with Crippen molar-refractivity contribution in [2.75, 3.05) is 26.3 Å². The van der Waals surface area contributed by atoms with Gasteiger partial charge in [0.15, 0.2) is 0 Å². The zero-order valence-electron chi connectivity index (χ0n) is 10.7. The van der Waals surface area contributed by atoms with Gasteiger partial charge in [-0.25, -0.2) is 13.2 Å². The molecule has 1 aliphatic rings. The Balaban J connectivity index is 2.18. The topological polar surface area (TPSA) is 83.9 Å². The third kappa shape index (κ3) is 3.44. The van der Waals surface area contributed by atoms with Crippen molar-refractivity contribution in [2.24, 2.45) is 0 Å². The number of rotatable bonds is 4. The molecule has 0 bridgehead atoms. The average molecular weight is 297 g/mol. The zero-order valence-corrected chi connectivity index (χ0v) is 11.5. The molecule has 20 heavy (non-hydrogen) atoms. The van der Waals surface area contributed by atoms with Crippen LogP contribution in [0.2, 0.25) is 0 Å². The predicted octanol–water partition coefficient (Wildman–Crippen LogP) is 0.805. The molecule has 0 spiro atoms. The highest BCUT2D eigenvalue weighted by molar-refractivity contribution is 7.89. The highest BCUT2D eigenvalue weighted by Crippen LogP contribution is 2.18. The number of morpholine rings is 1. The quantitative estimate of drug-likeness (QED) is 0.831. The lowest BCUT2D eigenvalue weighted by atomic mass is 10.2. The minimum atomic E-state index is -3.50. The number of hydrogen-bond acceptors (Lipinski definition) is 4. The van der Waals surface area contributed by atoms with E-state index in [0.717, 1.165) is 6.08 Å². The smallest absolute Gasteiger partial charge is 0.328 e. The van der Waals surface area contributed by atoms with Crippen LogP contribution in [0.25, 0.3) is 6.08 Å². The van der Waals surface area contributed by atoms with Crippen molar-refractivity contribution in [1.29, 1.82) is 0 Å². The lowest BCUT2D eigenvalue weighted by Crippen LogP contribution is -2.40. The number of carboxylic acid groups (broad SMARTS) is 1. The fourth-order valence-corrected chi connectivity index (χ4v) is 3.26. The van der Waals surface area contributed by atoms with E-state index >= 15 is 0 Å². The van der Waals surface area contributed by atoms with Gasteiger partial charge in [0.25, 0.3) is 0 Å². The van der Waals surface area contributed by atoms with Gasteiger partial charge < -0.3 is 9.84 Å². The molecule has 0 unspecified atom stereocenters. The Kier molecular flexibility index (Phi) is 4.53. The summed E-state index contributed by atoms with van der Waals surface area (Å²) in [5, 5.41) is 8.53. The standard InChI is InChI=1S/C13H15NO5S/c15-13(16)6-3-11-1-4-12(5-2-11)20(17,18)14-7-9-19-10-8-14/h1-6H,7-10H2,(H,15,16). The molecular weight excluding hydrogens is 282 g/mol. The van der Waals surface area contributed by atoms with Gasteiger partial charge in [0.1, 0.15) is 0 Å². The summed E-state index contributed by atoms with van der Waals surface area (Å²) >= 11 is 0. The van der Waals surface area contributed by atoms with E-state index in [1.807, 2.05) is 0 Å². The molecule has 0 aromatic heterocycles. The summed E-state index contributed by atoms with van der Waals surface area (Å²) in [6, 6.07) is 6.11. The maximum Gasteiger partial charge on any atom is 0.328 e. The summed E-state index contributed by atoms with van der Waals surface area (Å²) in [6.45, 7) is 1.50. The number of aliphatic carboxylic acids is 1. The van der Waals surface area contributed by atoms with Gasteiger partial charge in [-0.1, -0.05) is 12.1 Å². The number of hydrogen-bond donors (Lipinski definition) is 1. The molecule has 0 aliphatic carbocycles. The van der Waals surface area contributed by atoms with Crippen molar-refractivity contribution in [3.8, 4) is 0 Å². The number of carboxylic acids is 1. The van der Waals surface area contributed by atoms with E-state index in [9.17, 15) is 13.2 Å². The first-order valence-corrected chi connectivity index (χ1v) is 7.53. The Morgan fingerprint density at radius 1 is 1.20 bits per heavy atom. The molecule has 1 fully saturated rings. The summed E-state index contributed by atoms with van der Waals surface area (Å²) in [5.74, 6) is -1.05. The van der Waals surface area contributed by atoms with E-state index in [-0.39, 0.29) is 4.90 Å². The summed E-state index contributed by atoms with van der Waals surface area (Å²) in [6.07, 6.45) is 2.42. The Labute approximate surface area is 117 Å². The largest absolute Gasteiger partial charge is 0.478 e. The number of ether oxygens (including phenoxy) is 1. The van der Waals surface area contributed by atoms with Gasteiger partial charge in [-0.2, -0.15) is 4.31 Å². The molecule has 1 aromatic carbocycles. The van der Waals surface area contributed by atoms with Crippen molar-refractivity contribution in [2.45, 2.75) is 4.90 Å². The molecule has 1 N–H and O–H groups in total. The molecule has 1 aliphatic heterocycles. The first kappa shape index (κ1) is 14.7. The van der Waals surface area contributed by atoms with Crippen molar-refractivity contribution < 1.29 is 23.1 Å². The van der Waals surface area contributed by atoms with E-state index < -0.39 is 16.0 Å². The van der Waals surface area contributed by atoms with Gasteiger partial charge in [0, 0.05) is 19.2 Å². The molecule has 6 nitrogen and oxygen atoms in total. The van der Waals surface area contributed by atoms with Crippen LogP contribution >= 0.6 is 0 Å². The van der Waals surface area contributed by atoms with Gasteiger partial charge in [-0.05, 0) is 23.8 Å². The first-order valence-electron chi connectivity index (χ1n) is 6.09. The second kappa shape index (κ2) is 6.17. The van der Waals surface area contributed by atoms with Crippen molar-refractivity contribution >= 4 is 22.1 Å². The van der Waals surface area contributed by atoms with Crippen LogP contribution in [0, 0.1) is 0 Å². The normalized spacial score (nSPS) is 17.4. The Morgan fingerprint density at radius 3 is 2.35 bits per heavy atom. The third-order valence-electron chi connectivity index (χ3n) is 2.91. The van der Waals surface area contributed by atoms with Crippen LogP contribution in [0.3, 0.4) is 0 Å². The average Bonchev–Trinajstić information content (AvgIpc) is 2.46. The minimum Gasteiger partial charge on any atom is -0.478 e. The number of benzene rings is 1. The van der Waals surface area contributed by atoms with E-state index in [1.165, 1.54) is 22.5 Å². The van der Waals surface area contributed by atoms with Gasteiger partial charge in [-0.15, -0.1) is 0 Å². The Bertz CT molecular complexity index is 600. The van der Waals surface area contributed by atoms with Crippen molar-refractivity contribution in [3.63, 3.8) is 0 Å². The fourth-order valence-electron chi connectivity index (χ4n) is 1.85. The van der Waals surface area contributed by atoms with E-state index in [2.05, 4.69) is 0 Å². The molecule has 1 saturated heterocycles. The maximum atomic E-state index is 12.3. The summed E-state index contributed by atoms with van der Waals surface area (Å²) < 4.78 is 31.2. The molecule has 1 heterocycles. The highest BCUT2D eigenvalue weighted by Gasteiger charge is 2.25. The number of sulfonamides is 1. The lowest BCUT2D eigenvalue weighted by Gasteiger charge is -2.26. The van der Waals surface area contributed by atoms with Crippen LogP contribution in [0.15, 0.2) is 35.2 Å². The summed E-state index contributed by atoms with van der Waals surface area (Å²) in [4.78, 5) is 10.6. The lowest BCUT2D eigenvalue weighted by molar-refractivity contribution is -0.131. The Hall–Kier alpha value is -1.70. The van der Waals surface area contributed by atoms with Crippen LogP contribution in [0.4, 0.5) is 0 Å². The van der Waals surface area contributed by atoms with Gasteiger partial charge in [0.2, 0.25) is 10.0 Å². The van der Waals surface area contributed by atoms with Gasteiger partial charge in [0.05, 0.1) is 18.1 Å². The van der Waals surface area contributed by atoms with Crippen molar-refractivity contribution in [3.05, 3.63) is 35.9 Å². The van der Waals surface area contributed by atoms with E-state index in [4.69, 9.17) is 9.84 Å². The molecule has 2 rings (SSSR count). The molecule has 0 radical (unpaired) electrons. The van der Waals surface area contributed by atoms with Crippen LogP contribution in [-0.4, -0.2) is 50.1 Å². The molecule has 108 valence electrons. The van der Waals surface area contributed by atoms with Crippen LogP contribution in [0.1, 0.15) is 5.56 Å². The predicted molar refractivity (Wildman–Crippen MR) is 72.7 cm³/mol. The summed E-state index contributed by atoms with van der Waals surface area (Å²) in [7, 11) is -3.50. The second-order valence-corrected chi connectivity index (χ2v) is 6.19. The molecule has 0 atom stereocenters. The van der Waals surface area contributed by atoms with Crippen LogP contribution in [-0.2, 0) is 19.6 Å². The van der Waals surface area contributed by atoms with E-state index in [1.54, 1.807) is 12.1 Å². The Morgan fingerprint density at radius 2 is 1.80 bits per heavy atom. The molecule has 0 saturated carbocycles. The molecular formula is C13H15NO5S. The third-order valence-corrected chi connectivity index (χ3v) is 4.82. The fraction of sp³-hybridized carbons (Fsp3) is 0.308. The second-order valence-electron chi connectivity index (χ2n) is 4.26. The maximum absolute atomic E-state index is 12.3. The molecule has 1 aromatic rings. The minimum absolute atomic E-state index is 0.201. The zero-order chi connectivity index (χ0) is 14.6. The summed E-state index contributed by atoms with van der Waals surface area (Å²) in [5.41, 5.74) is 0.633. The molecule has 7 heteroatoms. The van der Waals surface area contributed by atoms with Gasteiger partial charge >= 0.3 is 5.97 Å². The van der Waals surface area contributed by atoms with Gasteiger partial charge in [-0.3, -0.25) is 0 Å². The SMILES string of the molecule is O=C(O)C=Cc1ccc(S(=O)(=O)N2CCOCC2)cc1. The van der Waals surface area contributed by atoms with Crippen molar-refractivity contribution in [1.82, 2.24) is 4.31 Å². The highest BCUT2D eigenvalue weighted by atomic mass is 32.2. The van der Waals surface area contributed by atoms with Crippen LogP contribution < -0.4 is 0 Å². The van der Waals surface area contributed by atoms with Crippen LogP contribution in [0.5, 0.6) is 0 Å². The molecule has 0 amide bonds. The number of carbonyl (C=O) groups is 1. The number of nitrogens with zero attached hydrogens (tertiary/aromatic N) is 1. The van der Waals surface area contributed by atoms with E-state index in [0.29, 0.717) is 31.9 Å². The first-order chi connectivity index (χ1) is 9.50. The monoisotopic (exact) mass is 297 g/mol.